The van der Waals surface area contributed by atoms with Crippen LogP contribution in [0.15, 0.2) is 12.1 Å². The van der Waals surface area contributed by atoms with Crippen molar-refractivity contribution in [3.8, 4) is 0 Å². The van der Waals surface area contributed by atoms with Gasteiger partial charge in [0.1, 0.15) is 5.69 Å². The van der Waals surface area contributed by atoms with Gasteiger partial charge < -0.3 is 20.6 Å². The van der Waals surface area contributed by atoms with Crippen molar-refractivity contribution in [3.63, 3.8) is 0 Å². The van der Waals surface area contributed by atoms with E-state index in [1.807, 2.05) is 0 Å². The fourth-order valence-corrected chi connectivity index (χ4v) is 3.46. The molecule has 2 aliphatic rings. The molecule has 0 amide bonds. The van der Waals surface area contributed by atoms with Gasteiger partial charge >= 0.3 is 0 Å². The molecule has 2 heterocycles. The molecule has 3 rings (SSSR count). The van der Waals surface area contributed by atoms with Crippen LogP contribution in [0.3, 0.4) is 0 Å². The van der Waals surface area contributed by atoms with Crippen molar-refractivity contribution in [1.29, 1.82) is 0 Å². The molecule has 3 N–H and O–H groups in total. The smallest absolute Gasteiger partial charge is 0.292 e. The minimum atomic E-state index is -0.530. The Balaban J connectivity index is 1.65. The molecular formula is C16H24N4O3. The van der Waals surface area contributed by atoms with Gasteiger partial charge in [-0.25, -0.2) is 0 Å². The molecule has 0 aliphatic carbocycles. The summed E-state index contributed by atoms with van der Waals surface area (Å²) in [4.78, 5) is 13.2. The lowest BCUT2D eigenvalue weighted by molar-refractivity contribution is -0.384. The van der Waals surface area contributed by atoms with Crippen LogP contribution >= 0.6 is 0 Å². The van der Waals surface area contributed by atoms with E-state index in [1.54, 1.807) is 6.07 Å². The molecule has 7 nitrogen and oxygen atoms in total. The maximum Gasteiger partial charge on any atom is 0.292 e. The Labute approximate surface area is 135 Å². The molecule has 1 atom stereocenters. The maximum absolute atomic E-state index is 11.3. The number of aliphatic hydroxyl groups excluding tert-OH is 1. The molecule has 0 spiro atoms. The Hall–Kier alpha value is -1.86. The van der Waals surface area contributed by atoms with Crippen LogP contribution in [0.2, 0.25) is 0 Å². The molecule has 126 valence electrons. The van der Waals surface area contributed by atoms with Crippen LogP contribution in [0.5, 0.6) is 0 Å². The normalized spacial score (nSPS) is 19.0. The predicted molar refractivity (Wildman–Crippen MR) is 90.1 cm³/mol. The van der Waals surface area contributed by atoms with Crippen LogP contribution in [0.1, 0.15) is 24.8 Å². The summed E-state index contributed by atoms with van der Waals surface area (Å²) in [5.41, 5.74) is 2.53. The molecule has 2 aliphatic heterocycles. The lowest BCUT2D eigenvalue weighted by atomic mass is 10.1. The van der Waals surface area contributed by atoms with Crippen LogP contribution in [-0.2, 0) is 6.42 Å². The average Bonchev–Trinajstić information content (AvgIpc) is 3.02. The molecule has 1 unspecified atom stereocenters. The molecule has 1 saturated heterocycles. The number of fused-ring (bicyclic) bond motifs is 1. The molecule has 1 aromatic rings. The first-order valence-electron chi connectivity index (χ1n) is 8.33. The number of hydrogen-bond acceptors (Lipinski definition) is 6. The third kappa shape index (κ3) is 3.73. The van der Waals surface area contributed by atoms with Gasteiger partial charge in [-0.15, -0.1) is 0 Å². The van der Waals surface area contributed by atoms with Crippen LogP contribution < -0.4 is 10.6 Å². The Kier molecular flexibility index (Phi) is 4.97. The summed E-state index contributed by atoms with van der Waals surface area (Å²) in [5, 5.41) is 27.9. The Morgan fingerprint density at radius 2 is 2.13 bits per heavy atom. The molecule has 1 fully saturated rings. The van der Waals surface area contributed by atoms with Gasteiger partial charge in [0.2, 0.25) is 0 Å². The Morgan fingerprint density at radius 1 is 1.35 bits per heavy atom. The van der Waals surface area contributed by atoms with Gasteiger partial charge in [0.25, 0.3) is 5.69 Å². The third-order valence-electron chi connectivity index (χ3n) is 4.61. The number of nitrogens with zero attached hydrogens (tertiary/aromatic N) is 2. The lowest BCUT2D eigenvalue weighted by Crippen LogP contribution is -2.39. The number of rotatable bonds is 6. The number of nitro benzene ring substituents is 1. The van der Waals surface area contributed by atoms with Crippen LogP contribution in [0, 0.1) is 10.1 Å². The third-order valence-corrected chi connectivity index (χ3v) is 4.61. The van der Waals surface area contributed by atoms with Gasteiger partial charge in [-0.3, -0.25) is 10.1 Å². The van der Waals surface area contributed by atoms with E-state index in [2.05, 4.69) is 15.5 Å². The van der Waals surface area contributed by atoms with Crippen molar-refractivity contribution < 1.29 is 10.0 Å². The summed E-state index contributed by atoms with van der Waals surface area (Å²) in [6.45, 7) is 3.80. The molecule has 0 aromatic heterocycles. The Morgan fingerprint density at radius 3 is 2.87 bits per heavy atom. The molecular weight excluding hydrogens is 296 g/mol. The van der Waals surface area contributed by atoms with Gasteiger partial charge in [0.15, 0.2) is 0 Å². The largest absolute Gasteiger partial charge is 0.390 e. The number of β-amino-alcohol motifs (C(OH)–C–C–N with tert-alkyl or cyclic N) is 1. The number of anilines is 2. The first kappa shape index (κ1) is 16.0. The van der Waals surface area contributed by atoms with E-state index in [0.29, 0.717) is 18.8 Å². The van der Waals surface area contributed by atoms with E-state index in [1.165, 1.54) is 25.3 Å². The predicted octanol–water partition coefficient (Wildman–Crippen LogP) is 1.82. The Bertz CT molecular complexity index is 573. The zero-order valence-corrected chi connectivity index (χ0v) is 13.3. The van der Waals surface area contributed by atoms with Crippen LogP contribution in [0.4, 0.5) is 17.1 Å². The number of likely N-dealkylation sites (tertiary alicyclic amines) is 1. The summed E-state index contributed by atoms with van der Waals surface area (Å²) in [6, 6.07) is 3.28. The maximum atomic E-state index is 11.3. The summed E-state index contributed by atoms with van der Waals surface area (Å²) in [7, 11) is 0. The molecule has 0 saturated carbocycles. The second kappa shape index (κ2) is 7.14. The van der Waals surface area contributed by atoms with E-state index in [0.717, 1.165) is 37.3 Å². The van der Waals surface area contributed by atoms with E-state index in [9.17, 15) is 15.2 Å². The molecule has 23 heavy (non-hydrogen) atoms. The van der Waals surface area contributed by atoms with E-state index < -0.39 is 6.10 Å². The minimum Gasteiger partial charge on any atom is -0.390 e. The minimum absolute atomic E-state index is 0.0811. The van der Waals surface area contributed by atoms with Gasteiger partial charge in [-0.05, 0) is 38.4 Å². The number of piperidine rings is 1. The van der Waals surface area contributed by atoms with Gasteiger partial charge in [-0.1, -0.05) is 6.42 Å². The number of benzene rings is 1. The highest BCUT2D eigenvalue weighted by molar-refractivity contribution is 5.77. The average molecular weight is 320 g/mol. The van der Waals surface area contributed by atoms with Gasteiger partial charge in [0.05, 0.1) is 11.0 Å². The van der Waals surface area contributed by atoms with Gasteiger partial charge in [-0.2, -0.15) is 0 Å². The summed E-state index contributed by atoms with van der Waals surface area (Å²) < 4.78 is 0. The summed E-state index contributed by atoms with van der Waals surface area (Å²) in [5.74, 6) is 0. The fourth-order valence-electron chi connectivity index (χ4n) is 3.46. The molecule has 1 aromatic carbocycles. The molecule has 0 bridgehead atoms. The number of nitrogens with one attached hydrogen (secondary N) is 2. The van der Waals surface area contributed by atoms with Crippen LogP contribution in [0.25, 0.3) is 0 Å². The van der Waals surface area contributed by atoms with E-state index in [4.69, 9.17) is 0 Å². The summed E-state index contributed by atoms with van der Waals surface area (Å²) in [6.07, 6.45) is 3.87. The topological polar surface area (TPSA) is 90.7 Å². The first-order chi connectivity index (χ1) is 11.1. The quantitative estimate of drug-likeness (QED) is 0.547. The number of hydrogen-bond donors (Lipinski definition) is 3. The highest BCUT2D eigenvalue weighted by Gasteiger charge is 2.24. The zero-order valence-electron chi connectivity index (χ0n) is 13.3. The SMILES string of the molecule is O=[N+]([O-])c1ccc2c(c1NCC(O)CN1CCCCC1)CCN2. The van der Waals surface area contributed by atoms with Crippen molar-refractivity contribution in [1.82, 2.24) is 4.90 Å². The number of nitro groups is 1. The fraction of sp³-hybridized carbons (Fsp3) is 0.625. The van der Waals surface area contributed by atoms with Crippen molar-refractivity contribution in [2.75, 3.05) is 43.4 Å². The highest BCUT2D eigenvalue weighted by Crippen LogP contribution is 2.36. The van der Waals surface area contributed by atoms with Gasteiger partial charge in [0, 0.05) is 37.0 Å². The lowest BCUT2D eigenvalue weighted by Gasteiger charge is -2.28. The van der Waals surface area contributed by atoms with Crippen molar-refractivity contribution in [3.05, 3.63) is 27.8 Å². The monoisotopic (exact) mass is 320 g/mol. The summed E-state index contributed by atoms with van der Waals surface area (Å²) >= 11 is 0. The molecule has 7 heteroatoms. The first-order valence-corrected chi connectivity index (χ1v) is 8.33. The van der Waals surface area contributed by atoms with Crippen molar-refractivity contribution >= 4 is 17.1 Å². The zero-order chi connectivity index (χ0) is 16.2. The second-order valence-electron chi connectivity index (χ2n) is 6.32. The van der Waals surface area contributed by atoms with Crippen LogP contribution in [-0.4, -0.2) is 53.8 Å². The number of aliphatic hydroxyl groups is 1. The van der Waals surface area contributed by atoms with E-state index >= 15 is 0 Å². The van der Waals surface area contributed by atoms with Crippen molar-refractivity contribution in [2.24, 2.45) is 0 Å². The second-order valence-corrected chi connectivity index (χ2v) is 6.32. The van der Waals surface area contributed by atoms with Crippen molar-refractivity contribution in [2.45, 2.75) is 31.8 Å². The standard InChI is InChI=1S/C16H24N4O3/c21-12(11-19-8-2-1-3-9-19)10-18-16-13-6-7-17-14(13)4-5-15(16)20(22)23/h4-5,12,17-18,21H,1-3,6-11H2. The van der Waals surface area contributed by atoms with E-state index in [-0.39, 0.29) is 10.6 Å². The molecule has 0 radical (unpaired) electrons. The highest BCUT2D eigenvalue weighted by atomic mass is 16.6.